The molecule has 0 aliphatic rings. The molecule has 0 radical (unpaired) electrons. The first-order chi connectivity index (χ1) is 9.83. The monoisotopic (exact) mass is 305 g/mol. The molecule has 1 aromatic carbocycles. The fourth-order valence-corrected chi connectivity index (χ4v) is 2.29. The number of pyridine rings is 1. The molecule has 0 saturated heterocycles. The summed E-state index contributed by atoms with van der Waals surface area (Å²) in [7, 11) is -3.38. The smallest absolute Gasteiger partial charge is 0.256 e. The second-order valence-corrected chi connectivity index (χ2v) is 6.38. The molecule has 0 fully saturated rings. The SMILES string of the molecule is Cc1ccnc(NC(=O)c2cccc(NS(C)(=O)=O)c2)c1. The molecule has 0 unspecified atom stereocenters. The normalized spacial score (nSPS) is 11.0. The van der Waals surface area contributed by atoms with Crippen LogP contribution >= 0.6 is 0 Å². The molecule has 0 aliphatic heterocycles. The topological polar surface area (TPSA) is 88.2 Å². The maximum absolute atomic E-state index is 12.1. The summed E-state index contributed by atoms with van der Waals surface area (Å²) >= 11 is 0. The number of rotatable bonds is 4. The van der Waals surface area contributed by atoms with Gasteiger partial charge in [-0.2, -0.15) is 0 Å². The molecule has 1 amide bonds. The number of sulfonamides is 1. The summed E-state index contributed by atoms with van der Waals surface area (Å²) in [4.78, 5) is 16.2. The van der Waals surface area contributed by atoms with E-state index < -0.39 is 10.0 Å². The predicted octanol–water partition coefficient (Wildman–Crippen LogP) is 2.01. The molecule has 6 nitrogen and oxygen atoms in total. The van der Waals surface area contributed by atoms with Crippen LogP contribution in [0.15, 0.2) is 42.6 Å². The van der Waals surface area contributed by atoms with Crippen LogP contribution in [0.5, 0.6) is 0 Å². The Kier molecular flexibility index (Phi) is 4.23. The summed E-state index contributed by atoms with van der Waals surface area (Å²) in [5.41, 5.74) is 1.65. The van der Waals surface area contributed by atoms with E-state index in [1.165, 1.54) is 6.07 Å². The van der Waals surface area contributed by atoms with Gasteiger partial charge in [0, 0.05) is 17.4 Å². The second-order valence-electron chi connectivity index (χ2n) is 4.63. The van der Waals surface area contributed by atoms with E-state index in [2.05, 4.69) is 15.0 Å². The Balaban J connectivity index is 2.18. The van der Waals surface area contributed by atoms with Crippen LogP contribution in [0.2, 0.25) is 0 Å². The van der Waals surface area contributed by atoms with E-state index >= 15 is 0 Å². The Hall–Kier alpha value is -2.41. The second kappa shape index (κ2) is 5.92. The molecule has 21 heavy (non-hydrogen) atoms. The van der Waals surface area contributed by atoms with E-state index in [0.717, 1.165) is 11.8 Å². The highest BCUT2D eigenvalue weighted by molar-refractivity contribution is 7.92. The van der Waals surface area contributed by atoms with Crippen molar-refractivity contribution in [1.82, 2.24) is 4.98 Å². The van der Waals surface area contributed by atoms with Crippen molar-refractivity contribution in [2.24, 2.45) is 0 Å². The third-order valence-corrected chi connectivity index (χ3v) is 3.19. The molecule has 0 spiro atoms. The summed E-state index contributed by atoms with van der Waals surface area (Å²) in [6.07, 6.45) is 2.66. The molecular weight excluding hydrogens is 290 g/mol. The van der Waals surface area contributed by atoms with Gasteiger partial charge < -0.3 is 5.32 Å². The Labute approximate surface area is 123 Å². The van der Waals surface area contributed by atoms with Crippen LogP contribution in [0.4, 0.5) is 11.5 Å². The van der Waals surface area contributed by atoms with E-state index in [0.29, 0.717) is 17.1 Å². The van der Waals surface area contributed by atoms with Crippen LogP contribution in [0.1, 0.15) is 15.9 Å². The summed E-state index contributed by atoms with van der Waals surface area (Å²) in [6, 6.07) is 9.81. The first-order valence-corrected chi connectivity index (χ1v) is 8.04. The number of carbonyl (C=O) groups is 1. The van der Waals surface area contributed by atoms with E-state index in [1.54, 1.807) is 30.5 Å². The van der Waals surface area contributed by atoms with Crippen LogP contribution in [0.25, 0.3) is 0 Å². The standard InChI is InChI=1S/C14H15N3O3S/c1-10-6-7-15-13(8-10)16-14(18)11-4-3-5-12(9-11)17-21(2,19)20/h3-9,17H,1-2H3,(H,15,16,18). The Morgan fingerprint density at radius 3 is 2.62 bits per heavy atom. The number of carbonyl (C=O) groups excluding carboxylic acids is 1. The van der Waals surface area contributed by atoms with Crippen molar-refractivity contribution < 1.29 is 13.2 Å². The molecular formula is C14H15N3O3S. The van der Waals surface area contributed by atoms with Crippen molar-refractivity contribution in [2.75, 3.05) is 16.3 Å². The lowest BCUT2D eigenvalue weighted by atomic mass is 10.2. The Morgan fingerprint density at radius 1 is 1.19 bits per heavy atom. The van der Waals surface area contributed by atoms with Crippen molar-refractivity contribution in [3.05, 3.63) is 53.7 Å². The fraction of sp³-hybridized carbons (Fsp3) is 0.143. The summed E-state index contributed by atoms with van der Waals surface area (Å²) < 4.78 is 24.7. The van der Waals surface area contributed by atoms with Gasteiger partial charge in [-0.3, -0.25) is 9.52 Å². The first kappa shape index (κ1) is 15.0. The zero-order chi connectivity index (χ0) is 15.5. The largest absolute Gasteiger partial charge is 0.307 e. The van der Waals surface area contributed by atoms with E-state index in [9.17, 15) is 13.2 Å². The van der Waals surface area contributed by atoms with E-state index in [-0.39, 0.29) is 5.91 Å². The number of hydrogen-bond donors (Lipinski definition) is 2. The minimum atomic E-state index is -3.38. The lowest BCUT2D eigenvalue weighted by molar-refractivity contribution is 0.102. The molecule has 1 aromatic heterocycles. The van der Waals surface area contributed by atoms with Crippen molar-refractivity contribution in [2.45, 2.75) is 6.92 Å². The predicted molar refractivity (Wildman–Crippen MR) is 81.8 cm³/mol. The number of nitrogens with zero attached hydrogens (tertiary/aromatic N) is 1. The van der Waals surface area contributed by atoms with Crippen LogP contribution in [-0.4, -0.2) is 25.6 Å². The lowest BCUT2D eigenvalue weighted by Gasteiger charge is -2.07. The number of amides is 1. The summed E-state index contributed by atoms with van der Waals surface area (Å²) in [5, 5.41) is 2.66. The Morgan fingerprint density at radius 2 is 1.95 bits per heavy atom. The molecule has 2 N–H and O–H groups in total. The molecule has 7 heteroatoms. The number of anilines is 2. The van der Waals surface area contributed by atoms with Gasteiger partial charge in [-0.15, -0.1) is 0 Å². The third kappa shape index (κ3) is 4.57. The molecule has 0 saturated carbocycles. The molecule has 0 bridgehead atoms. The summed E-state index contributed by atoms with van der Waals surface area (Å²) in [6.45, 7) is 1.90. The molecule has 2 aromatic rings. The van der Waals surface area contributed by atoms with E-state index in [1.807, 2.05) is 13.0 Å². The fourth-order valence-electron chi connectivity index (χ4n) is 1.73. The van der Waals surface area contributed by atoms with Gasteiger partial charge >= 0.3 is 0 Å². The maximum atomic E-state index is 12.1. The number of nitrogens with one attached hydrogen (secondary N) is 2. The molecule has 2 rings (SSSR count). The van der Waals surface area contributed by atoms with Crippen LogP contribution < -0.4 is 10.0 Å². The average molecular weight is 305 g/mol. The van der Waals surface area contributed by atoms with Gasteiger partial charge in [0.05, 0.1) is 6.26 Å². The highest BCUT2D eigenvalue weighted by atomic mass is 32.2. The number of aromatic nitrogens is 1. The van der Waals surface area contributed by atoms with Crippen LogP contribution in [0.3, 0.4) is 0 Å². The van der Waals surface area contributed by atoms with Crippen molar-refractivity contribution >= 4 is 27.4 Å². The van der Waals surface area contributed by atoms with Crippen molar-refractivity contribution in [1.29, 1.82) is 0 Å². The highest BCUT2D eigenvalue weighted by Crippen LogP contribution is 2.14. The Bertz CT molecular complexity index is 773. The van der Waals surface area contributed by atoms with Gasteiger partial charge in [0.1, 0.15) is 5.82 Å². The molecule has 0 atom stereocenters. The van der Waals surface area contributed by atoms with E-state index in [4.69, 9.17) is 0 Å². The highest BCUT2D eigenvalue weighted by Gasteiger charge is 2.09. The number of benzene rings is 1. The van der Waals surface area contributed by atoms with Crippen molar-refractivity contribution in [3.63, 3.8) is 0 Å². The average Bonchev–Trinajstić information content (AvgIpc) is 2.37. The van der Waals surface area contributed by atoms with Crippen LogP contribution in [0, 0.1) is 6.92 Å². The number of aryl methyl sites for hydroxylation is 1. The first-order valence-electron chi connectivity index (χ1n) is 6.15. The third-order valence-electron chi connectivity index (χ3n) is 2.59. The minimum absolute atomic E-state index is 0.336. The molecule has 1 heterocycles. The molecule has 0 aliphatic carbocycles. The van der Waals surface area contributed by atoms with Gasteiger partial charge in [-0.1, -0.05) is 6.07 Å². The lowest BCUT2D eigenvalue weighted by Crippen LogP contribution is -2.14. The van der Waals surface area contributed by atoms with Gasteiger partial charge in [0.15, 0.2) is 0 Å². The number of hydrogen-bond acceptors (Lipinski definition) is 4. The molecule has 110 valence electrons. The zero-order valence-corrected chi connectivity index (χ0v) is 12.4. The summed E-state index contributed by atoms with van der Waals surface area (Å²) in [5.74, 6) is 0.0896. The van der Waals surface area contributed by atoms with Crippen LogP contribution in [-0.2, 0) is 10.0 Å². The zero-order valence-electron chi connectivity index (χ0n) is 11.6. The van der Waals surface area contributed by atoms with Crippen molar-refractivity contribution in [3.8, 4) is 0 Å². The van der Waals surface area contributed by atoms with Gasteiger partial charge in [-0.25, -0.2) is 13.4 Å². The minimum Gasteiger partial charge on any atom is -0.307 e. The van der Waals surface area contributed by atoms with Gasteiger partial charge in [0.2, 0.25) is 10.0 Å². The van der Waals surface area contributed by atoms with Gasteiger partial charge in [0.25, 0.3) is 5.91 Å². The quantitative estimate of drug-likeness (QED) is 0.904. The van der Waals surface area contributed by atoms with Gasteiger partial charge in [-0.05, 0) is 42.8 Å². The maximum Gasteiger partial charge on any atom is 0.256 e.